The summed E-state index contributed by atoms with van der Waals surface area (Å²) >= 11 is 0. The molecule has 5 heteroatoms. The van der Waals surface area contributed by atoms with Gasteiger partial charge in [0.15, 0.2) is 17.4 Å². The summed E-state index contributed by atoms with van der Waals surface area (Å²) in [6, 6.07) is 1.31. The lowest BCUT2D eigenvalue weighted by atomic mass is 9.88. The van der Waals surface area contributed by atoms with E-state index in [1.54, 1.807) is 0 Å². The molecule has 1 unspecified atom stereocenters. The summed E-state index contributed by atoms with van der Waals surface area (Å²) in [5.41, 5.74) is 6.97. The van der Waals surface area contributed by atoms with Gasteiger partial charge in [0.1, 0.15) is 0 Å². The number of benzene rings is 1. The van der Waals surface area contributed by atoms with Crippen molar-refractivity contribution in [2.75, 3.05) is 7.11 Å². The Morgan fingerprint density at radius 1 is 1.44 bits per heavy atom. The molecule has 0 bridgehead atoms. The molecule has 2 N–H and O–H groups in total. The topological polar surface area (TPSA) is 35.2 Å². The Labute approximate surface area is 99.2 Å². The average Bonchev–Trinajstić information content (AvgIpc) is 2.20. The minimum atomic E-state index is -0.635. The zero-order valence-electron chi connectivity index (χ0n) is 8.93. The molecule has 0 radical (unpaired) electrons. The van der Waals surface area contributed by atoms with Crippen molar-refractivity contribution in [1.82, 2.24) is 0 Å². The summed E-state index contributed by atoms with van der Waals surface area (Å²) in [5, 5.41) is 0. The Hall–Kier alpha value is -0.870. The van der Waals surface area contributed by atoms with Gasteiger partial charge in [-0.15, -0.1) is 12.4 Å². The molecule has 0 spiro atoms. The van der Waals surface area contributed by atoms with E-state index in [1.807, 2.05) is 0 Å². The molecule has 90 valence electrons. The summed E-state index contributed by atoms with van der Waals surface area (Å²) in [6.07, 6.45) is 1.87. The fourth-order valence-electron chi connectivity index (χ4n) is 2.02. The number of hydrogen-bond acceptors (Lipinski definition) is 2. The molecule has 2 rings (SSSR count). The molecular formula is C11H14ClF2NO. The van der Waals surface area contributed by atoms with Crippen LogP contribution in [0, 0.1) is 11.6 Å². The van der Waals surface area contributed by atoms with Crippen LogP contribution in [0.1, 0.15) is 17.5 Å². The summed E-state index contributed by atoms with van der Waals surface area (Å²) < 4.78 is 31.8. The van der Waals surface area contributed by atoms with Crippen LogP contribution in [-0.2, 0) is 12.8 Å². The van der Waals surface area contributed by atoms with E-state index < -0.39 is 11.6 Å². The molecule has 1 aromatic carbocycles. The smallest absolute Gasteiger partial charge is 0.190 e. The molecule has 1 aliphatic carbocycles. The van der Waals surface area contributed by atoms with Crippen molar-refractivity contribution in [3.8, 4) is 5.75 Å². The van der Waals surface area contributed by atoms with E-state index in [0.29, 0.717) is 24.0 Å². The van der Waals surface area contributed by atoms with Gasteiger partial charge in [0.25, 0.3) is 0 Å². The molecule has 0 aromatic heterocycles. The maximum Gasteiger partial charge on any atom is 0.190 e. The van der Waals surface area contributed by atoms with Gasteiger partial charge < -0.3 is 10.5 Å². The second-order valence-corrected chi connectivity index (χ2v) is 3.85. The minimum Gasteiger partial charge on any atom is -0.491 e. The van der Waals surface area contributed by atoms with Crippen molar-refractivity contribution < 1.29 is 13.5 Å². The maximum atomic E-state index is 13.8. The maximum absolute atomic E-state index is 13.8. The van der Waals surface area contributed by atoms with Gasteiger partial charge in [-0.25, -0.2) is 8.78 Å². The van der Waals surface area contributed by atoms with Crippen LogP contribution in [0.25, 0.3) is 0 Å². The van der Waals surface area contributed by atoms with Gasteiger partial charge in [-0.1, -0.05) is 0 Å². The van der Waals surface area contributed by atoms with Crippen LogP contribution in [0.4, 0.5) is 8.78 Å². The van der Waals surface area contributed by atoms with Crippen molar-refractivity contribution >= 4 is 12.4 Å². The van der Waals surface area contributed by atoms with Crippen LogP contribution in [-0.4, -0.2) is 13.2 Å². The molecule has 0 fully saturated rings. The number of rotatable bonds is 1. The van der Waals surface area contributed by atoms with E-state index >= 15 is 0 Å². The molecule has 0 aliphatic heterocycles. The minimum absolute atomic E-state index is 0. The van der Waals surface area contributed by atoms with E-state index in [1.165, 1.54) is 13.2 Å². The fourth-order valence-corrected chi connectivity index (χ4v) is 2.02. The van der Waals surface area contributed by atoms with Crippen molar-refractivity contribution in [3.63, 3.8) is 0 Å². The molecule has 0 saturated carbocycles. The third kappa shape index (κ3) is 2.13. The monoisotopic (exact) mass is 249 g/mol. The molecule has 1 aliphatic rings. The third-order valence-electron chi connectivity index (χ3n) is 2.82. The summed E-state index contributed by atoms with van der Waals surface area (Å²) in [7, 11) is 1.26. The number of hydrogen-bond donors (Lipinski definition) is 1. The zero-order valence-corrected chi connectivity index (χ0v) is 9.74. The highest BCUT2D eigenvalue weighted by Gasteiger charge is 2.24. The number of ether oxygens (including phenoxy) is 1. The van der Waals surface area contributed by atoms with Crippen LogP contribution in [0.15, 0.2) is 6.07 Å². The molecule has 0 heterocycles. The number of nitrogens with two attached hydrogens (primary N) is 1. The van der Waals surface area contributed by atoms with Gasteiger partial charge in [0, 0.05) is 6.04 Å². The summed E-state index contributed by atoms with van der Waals surface area (Å²) in [5.74, 6) is -1.53. The van der Waals surface area contributed by atoms with Crippen LogP contribution in [0.2, 0.25) is 0 Å². The third-order valence-corrected chi connectivity index (χ3v) is 2.82. The van der Waals surface area contributed by atoms with Gasteiger partial charge in [-0.3, -0.25) is 0 Å². The summed E-state index contributed by atoms with van der Waals surface area (Å²) in [4.78, 5) is 0. The van der Waals surface area contributed by atoms with Crippen molar-refractivity contribution in [2.45, 2.75) is 25.3 Å². The number of methoxy groups -OCH3 is 1. The first-order valence-corrected chi connectivity index (χ1v) is 4.92. The van der Waals surface area contributed by atoms with Crippen LogP contribution >= 0.6 is 12.4 Å². The highest BCUT2D eigenvalue weighted by molar-refractivity contribution is 5.85. The van der Waals surface area contributed by atoms with Gasteiger partial charge in [-0.05, 0) is 36.5 Å². The van der Waals surface area contributed by atoms with Crippen LogP contribution < -0.4 is 10.5 Å². The zero-order chi connectivity index (χ0) is 11.0. The van der Waals surface area contributed by atoms with Gasteiger partial charge in [-0.2, -0.15) is 0 Å². The average molecular weight is 250 g/mol. The lowest BCUT2D eigenvalue weighted by molar-refractivity contribution is 0.354. The van der Waals surface area contributed by atoms with Gasteiger partial charge in [0.05, 0.1) is 7.11 Å². The van der Waals surface area contributed by atoms with Gasteiger partial charge in [0.2, 0.25) is 0 Å². The second kappa shape index (κ2) is 4.97. The number of aryl methyl sites for hydroxylation is 1. The van der Waals surface area contributed by atoms with E-state index in [9.17, 15) is 8.78 Å². The van der Waals surface area contributed by atoms with E-state index in [0.717, 1.165) is 6.42 Å². The van der Waals surface area contributed by atoms with E-state index in [-0.39, 0.29) is 24.2 Å². The molecule has 1 aromatic rings. The Morgan fingerprint density at radius 2 is 2.12 bits per heavy atom. The Balaban J connectivity index is 0.00000128. The summed E-state index contributed by atoms with van der Waals surface area (Å²) in [6.45, 7) is 0. The lowest BCUT2D eigenvalue weighted by Crippen LogP contribution is -2.28. The van der Waals surface area contributed by atoms with E-state index in [4.69, 9.17) is 5.73 Å². The SMILES string of the molecule is COc1c(F)cc2c(c1F)CC(N)CC2.Cl. The standard InChI is InChI=1S/C11H13F2NO.ClH/c1-15-11-9(12)4-6-2-3-7(14)5-8(6)10(11)13;/h4,7H,2-3,5,14H2,1H3;1H. The molecule has 0 saturated heterocycles. The van der Waals surface area contributed by atoms with Crippen LogP contribution in [0.5, 0.6) is 5.75 Å². The van der Waals surface area contributed by atoms with Crippen molar-refractivity contribution in [1.29, 1.82) is 0 Å². The van der Waals surface area contributed by atoms with E-state index in [2.05, 4.69) is 4.74 Å². The first kappa shape index (κ1) is 13.2. The fraction of sp³-hybridized carbons (Fsp3) is 0.455. The Bertz CT molecular complexity index is 398. The van der Waals surface area contributed by atoms with Crippen LogP contribution in [0.3, 0.4) is 0 Å². The molecule has 16 heavy (non-hydrogen) atoms. The number of halogens is 3. The lowest BCUT2D eigenvalue weighted by Gasteiger charge is -2.22. The first-order chi connectivity index (χ1) is 7.13. The van der Waals surface area contributed by atoms with Crippen molar-refractivity contribution in [3.05, 3.63) is 28.8 Å². The quantitative estimate of drug-likeness (QED) is 0.828. The molecule has 0 amide bonds. The van der Waals surface area contributed by atoms with Crippen molar-refractivity contribution in [2.24, 2.45) is 5.73 Å². The highest BCUT2D eigenvalue weighted by Crippen LogP contribution is 2.31. The molecule has 2 nitrogen and oxygen atoms in total. The number of fused-ring (bicyclic) bond motifs is 1. The predicted octanol–water partition coefficient (Wildman–Crippen LogP) is 2.21. The highest BCUT2D eigenvalue weighted by atomic mass is 35.5. The largest absolute Gasteiger partial charge is 0.491 e. The molecular weight excluding hydrogens is 236 g/mol. The Morgan fingerprint density at radius 3 is 2.75 bits per heavy atom. The Kier molecular flexibility index (Phi) is 4.10. The second-order valence-electron chi connectivity index (χ2n) is 3.85. The normalized spacial score (nSPS) is 18.6. The predicted molar refractivity (Wildman–Crippen MR) is 60.2 cm³/mol. The molecule has 1 atom stereocenters. The first-order valence-electron chi connectivity index (χ1n) is 4.92. The van der Waals surface area contributed by atoms with Gasteiger partial charge >= 0.3 is 0 Å².